The lowest BCUT2D eigenvalue weighted by Gasteiger charge is -2.30. The van der Waals surface area contributed by atoms with Gasteiger partial charge in [0.15, 0.2) is 23.1 Å². The molecule has 2 saturated carbocycles. The van der Waals surface area contributed by atoms with Crippen molar-refractivity contribution in [3.63, 3.8) is 0 Å². The van der Waals surface area contributed by atoms with Crippen molar-refractivity contribution >= 4 is 29.7 Å². The van der Waals surface area contributed by atoms with Gasteiger partial charge in [0.1, 0.15) is 18.3 Å². The van der Waals surface area contributed by atoms with E-state index >= 15 is 0 Å². The maximum Gasteiger partial charge on any atom is 0.338 e. The number of ketones is 1. The van der Waals surface area contributed by atoms with Crippen LogP contribution in [0.15, 0.2) is 42.0 Å². The van der Waals surface area contributed by atoms with Crippen LogP contribution in [0.1, 0.15) is 72.2 Å². The van der Waals surface area contributed by atoms with Crippen molar-refractivity contribution in [2.45, 2.75) is 97.4 Å². The van der Waals surface area contributed by atoms with E-state index in [1.165, 1.54) is 20.8 Å². The van der Waals surface area contributed by atoms with Gasteiger partial charge in [0.05, 0.1) is 11.5 Å². The Bertz CT molecular complexity index is 1380. The van der Waals surface area contributed by atoms with Crippen molar-refractivity contribution < 1.29 is 47.7 Å². The molecule has 10 nitrogen and oxygen atoms in total. The molecule has 10 heteroatoms. The lowest BCUT2D eigenvalue weighted by molar-refractivity contribution is -0.154. The highest BCUT2D eigenvalue weighted by atomic mass is 16.7. The molecule has 1 saturated heterocycles. The molecular weight excluding hydrogens is 556 g/mol. The molecule has 1 aromatic rings. The molecule has 0 unspecified atom stereocenters. The number of ether oxygens (including phenoxy) is 5. The molecular formula is C33H40O10. The molecule has 3 aliphatic carbocycles. The Morgan fingerprint density at radius 2 is 1.42 bits per heavy atom. The highest BCUT2D eigenvalue weighted by Gasteiger charge is 2.84. The summed E-state index contributed by atoms with van der Waals surface area (Å²) in [4.78, 5) is 65.0. The molecule has 0 N–H and O–H groups in total. The predicted molar refractivity (Wildman–Crippen MR) is 151 cm³/mol. The Morgan fingerprint density at radius 1 is 0.837 bits per heavy atom. The number of carbonyl (C=O) groups is 5. The number of hydrogen-bond donors (Lipinski definition) is 0. The van der Waals surface area contributed by atoms with Crippen LogP contribution in [0.2, 0.25) is 0 Å². The second-order valence-corrected chi connectivity index (χ2v) is 13.2. The van der Waals surface area contributed by atoms with E-state index in [9.17, 15) is 24.0 Å². The fourth-order valence-corrected chi connectivity index (χ4v) is 7.97. The van der Waals surface area contributed by atoms with Crippen LogP contribution in [0.3, 0.4) is 0 Å². The Labute approximate surface area is 251 Å². The molecule has 43 heavy (non-hydrogen) atoms. The zero-order valence-electron chi connectivity index (χ0n) is 25.9. The number of Topliss-reactive ketones (excluding diaryl/α,β-unsaturated/α-hetero) is 1. The van der Waals surface area contributed by atoms with Gasteiger partial charge in [-0.1, -0.05) is 45.9 Å². The zero-order valence-corrected chi connectivity index (χ0v) is 25.9. The van der Waals surface area contributed by atoms with Gasteiger partial charge < -0.3 is 23.7 Å². The van der Waals surface area contributed by atoms with E-state index in [1.54, 1.807) is 50.3 Å². The van der Waals surface area contributed by atoms with Gasteiger partial charge in [0, 0.05) is 32.6 Å². The molecule has 1 heterocycles. The van der Waals surface area contributed by atoms with E-state index in [1.807, 2.05) is 20.8 Å². The van der Waals surface area contributed by atoms with Crippen molar-refractivity contribution in [2.75, 3.05) is 0 Å². The molecule has 4 aliphatic rings. The maximum absolute atomic E-state index is 14.4. The van der Waals surface area contributed by atoms with E-state index in [0.29, 0.717) is 11.1 Å². The standard InChI is InChI=1S/C33H40O10/c1-16-14-33-29(41-21(6)36)17(2)15-32(33,43-33)28(37)18(3)26(40-20(5)35)23-24(31(23,7)8)27(25(16)39-19(4)34)42-30(38)22-12-10-9-11-13-22/h9-14,17-18,23-27,29H,15H2,1-8H3/t17-,18-,23+,24-,25-,26+,27+,29+,32+,33+/m1/s1. The highest BCUT2D eigenvalue weighted by molar-refractivity contribution is 5.96. The first-order valence-electron chi connectivity index (χ1n) is 14.8. The Kier molecular flexibility index (Phi) is 7.60. The summed E-state index contributed by atoms with van der Waals surface area (Å²) in [5.41, 5.74) is -2.43. The lowest BCUT2D eigenvalue weighted by Crippen LogP contribution is -2.43. The predicted octanol–water partition coefficient (Wildman–Crippen LogP) is 3.99. The first kappa shape index (κ1) is 30.9. The van der Waals surface area contributed by atoms with E-state index in [0.717, 1.165) is 0 Å². The molecule has 10 atom stereocenters. The van der Waals surface area contributed by atoms with Gasteiger partial charge >= 0.3 is 23.9 Å². The molecule has 0 radical (unpaired) electrons. The topological polar surface area (TPSA) is 135 Å². The van der Waals surface area contributed by atoms with Gasteiger partial charge in [-0.3, -0.25) is 19.2 Å². The second kappa shape index (κ2) is 10.6. The maximum atomic E-state index is 14.4. The molecule has 5 rings (SSSR count). The molecule has 1 aromatic carbocycles. The van der Waals surface area contributed by atoms with Crippen molar-refractivity contribution in [3.05, 3.63) is 47.5 Å². The van der Waals surface area contributed by atoms with E-state index < -0.39 is 82.7 Å². The third kappa shape index (κ3) is 4.97. The van der Waals surface area contributed by atoms with Gasteiger partial charge in [-0.2, -0.15) is 0 Å². The zero-order chi connectivity index (χ0) is 31.6. The molecule has 1 aliphatic heterocycles. The Hall–Kier alpha value is -3.53. The van der Waals surface area contributed by atoms with Crippen LogP contribution in [-0.4, -0.2) is 65.3 Å². The third-order valence-electron chi connectivity index (χ3n) is 9.82. The van der Waals surface area contributed by atoms with Gasteiger partial charge in [-0.15, -0.1) is 0 Å². The SMILES string of the molecule is CC(=O)O[C@@H]1[C@@H]2[C@H]([C@H](OC(=O)c3ccccc3)[C@H](OC(C)=O)C(C)=C[C@@]34O[C@@]3(C[C@@H](C)[C@@H]4OC(C)=O)C(=O)[C@@H]1C)C2(C)C. The molecule has 0 amide bonds. The van der Waals surface area contributed by atoms with Crippen LogP contribution < -0.4 is 0 Å². The summed E-state index contributed by atoms with van der Waals surface area (Å²) in [6.07, 6.45) is -1.74. The summed E-state index contributed by atoms with van der Waals surface area (Å²) in [6, 6.07) is 8.48. The van der Waals surface area contributed by atoms with E-state index in [-0.39, 0.29) is 18.1 Å². The third-order valence-corrected chi connectivity index (χ3v) is 9.82. The summed E-state index contributed by atoms with van der Waals surface area (Å²) < 4.78 is 30.1. The van der Waals surface area contributed by atoms with Crippen LogP contribution in [-0.2, 0) is 42.9 Å². The van der Waals surface area contributed by atoms with Crippen LogP contribution in [0.25, 0.3) is 0 Å². The number of epoxide rings is 1. The van der Waals surface area contributed by atoms with Gasteiger partial charge in [0.2, 0.25) is 0 Å². The fraction of sp³-hybridized carbons (Fsp3) is 0.606. The number of esters is 4. The number of fused-ring (bicyclic) bond motifs is 1. The summed E-state index contributed by atoms with van der Waals surface area (Å²) in [5, 5.41) is 0. The minimum absolute atomic E-state index is 0.239. The molecule has 0 spiro atoms. The smallest absolute Gasteiger partial charge is 0.338 e. The largest absolute Gasteiger partial charge is 0.461 e. The lowest BCUT2D eigenvalue weighted by atomic mass is 9.80. The van der Waals surface area contributed by atoms with Crippen LogP contribution in [0.4, 0.5) is 0 Å². The summed E-state index contributed by atoms with van der Waals surface area (Å²) in [6.45, 7) is 13.1. The van der Waals surface area contributed by atoms with Crippen LogP contribution in [0.5, 0.6) is 0 Å². The van der Waals surface area contributed by atoms with Crippen molar-refractivity contribution in [3.8, 4) is 0 Å². The minimum Gasteiger partial charge on any atom is -0.461 e. The van der Waals surface area contributed by atoms with E-state index in [2.05, 4.69) is 0 Å². The van der Waals surface area contributed by atoms with Crippen LogP contribution in [0, 0.1) is 29.1 Å². The van der Waals surface area contributed by atoms with E-state index in [4.69, 9.17) is 23.7 Å². The number of hydrogen-bond acceptors (Lipinski definition) is 10. The Morgan fingerprint density at radius 3 is 2.00 bits per heavy atom. The van der Waals surface area contributed by atoms with Gasteiger partial charge in [-0.25, -0.2) is 4.79 Å². The monoisotopic (exact) mass is 596 g/mol. The average molecular weight is 597 g/mol. The van der Waals surface area contributed by atoms with Crippen molar-refractivity contribution in [1.29, 1.82) is 0 Å². The molecule has 0 aromatic heterocycles. The quantitative estimate of drug-likeness (QED) is 0.212. The highest BCUT2D eigenvalue weighted by Crippen LogP contribution is 2.69. The minimum atomic E-state index is -1.33. The summed E-state index contributed by atoms with van der Waals surface area (Å²) >= 11 is 0. The Balaban J connectivity index is 1.69. The first-order valence-corrected chi connectivity index (χ1v) is 14.8. The molecule has 3 fully saturated rings. The molecule has 232 valence electrons. The number of carbonyl (C=O) groups excluding carboxylic acids is 5. The number of rotatable bonds is 5. The number of benzene rings is 1. The van der Waals surface area contributed by atoms with Crippen molar-refractivity contribution in [1.82, 2.24) is 0 Å². The normalized spacial score (nSPS) is 39.0. The second-order valence-electron chi connectivity index (χ2n) is 13.2. The average Bonchev–Trinajstić information content (AvgIpc) is 3.71. The fourth-order valence-electron chi connectivity index (χ4n) is 7.97. The van der Waals surface area contributed by atoms with Gasteiger partial charge in [0.25, 0.3) is 0 Å². The molecule has 0 bridgehead atoms. The van der Waals surface area contributed by atoms with Crippen molar-refractivity contribution in [2.24, 2.45) is 29.1 Å². The van der Waals surface area contributed by atoms with Gasteiger partial charge in [-0.05, 0) is 48.5 Å². The summed E-state index contributed by atoms with van der Waals surface area (Å²) in [7, 11) is 0. The first-order chi connectivity index (χ1) is 20.1. The van der Waals surface area contributed by atoms with Crippen LogP contribution >= 0.6 is 0 Å². The summed E-state index contributed by atoms with van der Waals surface area (Å²) in [5.74, 6) is -4.43.